The van der Waals surface area contributed by atoms with E-state index in [1.54, 1.807) is 14.5 Å². The van der Waals surface area contributed by atoms with Crippen molar-refractivity contribution in [3.05, 3.63) is 95.8 Å². The summed E-state index contributed by atoms with van der Waals surface area (Å²) in [5.74, 6) is 0.394. The first-order valence-electron chi connectivity index (χ1n) is 12.8. The lowest BCUT2D eigenvalue weighted by molar-refractivity contribution is -0.124. The summed E-state index contributed by atoms with van der Waals surface area (Å²) in [6.45, 7) is 1.86. The van der Waals surface area contributed by atoms with Crippen LogP contribution in [-0.2, 0) is 23.3 Å². The van der Waals surface area contributed by atoms with Crippen molar-refractivity contribution in [3.63, 3.8) is 0 Å². The number of rotatable bonds is 1. The lowest BCUT2D eigenvalue weighted by Gasteiger charge is -2.35. The van der Waals surface area contributed by atoms with E-state index in [1.165, 1.54) is 18.6 Å². The monoisotopic (exact) mass is 507 g/mol. The minimum Gasteiger partial charge on any atom is -0.494 e. The number of amides is 2. The highest BCUT2D eigenvalue weighted by atomic mass is 16.5. The number of aryl methyl sites for hydroxylation is 1. The van der Waals surface area contributed by atoms with Gasteiger partial charge in [0, 0.05) is 37.6 Å². The quantitative estimate of drug-likeness (QED) is 0.390. The zero-order chi connectivity index (χ0) is 25.7. The minimum absolute atomic E-state index is 0.0473. The van der Waals surface area contributed by atoms with Gasteiger partial charge in [0.15, 0.2) is 0 Å². The first-order chi connectivity index (χ1) is 18.6. The van der Waals surface area contributed by atoms with Gasteiger partial charge >= 0.3 is 0 Å². The molecular weight excluding hydrogens is 482 g/mol. The molecule has 0 radical (unpaired) electrons. The molecule has 2 amide bonds. The van der Waals surface area contributed by atoms with E-state index >= 15 is 0 Å². The third-order valence-electron chi connectivity index (χ3n) is 7.75. The van der Waals surface area contributed by atoms with Gasteiger partial charge in [0.05, 0.1) is 31.6 Å². The van der Waals surface area contributed by atoms with Crippen molar-refractivity contribution in [3.8, 4) is 5.75 Å². The Morgan fingerprint density at radius 2 is 2.00 bits per heavy atom. The zero-order valence-electron chi connectivity index (χ0n) is 20.6. The fraction of sp³-hybridized carbons (Fsp3) is 0.286. The molecule has 3 aliphatic rings. The van der Waals surface area contributed by atoms with E-state index in [9.17, 15) is 9.59 Å². The minimum atomic E-state index is -0.969. The average molecular weight is 508 g/mol. The molecule has 0 aliphatic carbocycles. The van der Waals surface area contributed by atoms with Crippen LogP contribution in [0.4, 0.5) is 5.69 Å². The number of hydrogen-bond donors (Lipinski definition) is 0. The van der Waals surface area contributed by atoms with Crippen LogP contribution in [0.5, 0.6) is 5.75 Å². The Kier molecular flexibility index (Phi) is 5.20. The Morgan fingerprint density at radius 1 is 1.08 bits per heavy atom. The summed E-state index contributed by atoms with van der Waals surface area (Å²) in [4.78, 5) is 40.4. The van der Waals surface area contributed by atoms with Gasteiger partial charge in [0.1, 0.15) is 22.6 Å². The molecule has 6 bridgehead atoms. The first-order valence-corrected chi connectivity index (χ1v) is 12.8. The van der Waals surface area contributed by atoms with Gasteiger partial charge in [-0.25, -0.2) is 4.98 Å². The van der Waals surface area contributed by atoms with Gasteiger partial charge in [-0.05, 0) is 35.7 Å². The van der Waals surface area contributed by atoms with Crippen molar-refractivity contribution in [2.24, 2.45) is 0 Å². The molecule has 10 heteroatoms. The number of likely N-dealkylation sites (tertiary alicyclic amines) is 1. The van der Waals surface area contributed by atoms with Crippen LogP contribution in [-0.4, -0.2) is 54.8 Å². The van der Waals surface area contributed by atoms with Crippen molar-refractivity contribution in [2.75, 3.05) is 18.1 Å². The summed E-state index contributed by atoms with van der Waals surface area (Å²) in [5.41, 5.74) is 2.59. The lowest BCUT2D eigenvalue weighted by atomic mass is 9.72. The number of carbonyl (C=O) groups is 2. The van der Waals surface area contributed by atoms with Gasteiger partial charge in [-0.3, -0.25) is 19.3 Å². The Balaban J connectivity index is 1.43. The second-order valence-corrected chi connectivity index (χ2v) is 9.87. The van der Waals surface area contributed by atoms with Gasteiger partial charge in [0.2, 0.25) is 5.91 Å². The summed E-state index contributed by atoms with van der Waals surface area (Å²) in [6, 6.07) is 15.1. The summed E-state index contributed by atoms with van der Waals surface area (Å²) in [5, 5.41) is 8.59. The second kappa shape index (κ2) is 8.76. The normalized spacial score (nSPS) is 22.2. The zero-order valence-corrected chi connectivity index (χ0v) is 20.6. The first kappa shape index (κ1) is 22.6. The SMILES string of the molecule is O=C(c1cnccn1)N1CC[C@]23C(=O)N(Cc4cn(nn4)CCCOc4cccc(c4)[C@H]12)c1ccccc13. The Hall–Kier alpha value is -4.60. The van der Waals surface area contributed by atoms with Gasteiger partial charge in [-0.2, -0.15) is 0 Å². The Morgan fingerprint density at radius 3 is 2.89 bits per heavy atom. The number of nitrogens with zero attached hydrogens (tertiary/aromatic N) is 7. The molecule has 1 spiro atoms. The van der Waals surface area contributed by atoms with Crippen molar-refractivity contribution >= 4 is 17.5 Å². The average Bonchev–Trinajstić information content (AvgIpc) is 3.64. The molecule has 7 rings (SSSR count). The molecule has 0 saturated carbocycles. The topological polar surface area (TPSA) is 106 Å². The van der Waals surface area contributed by atoms with E-state index in [4.69, 9.17) is 4.74 Å². The number of anilines is 1. The van der Waals surface area contributed by atoms with Crippen molar-refractivity contribution in [1.29, 1.82) is 0 Å². The van der Waals surface area contributed by atoms with Gasteiger partial charge in [-0.1, -0.05) is 35.5 Å². The smallest absolute Gasteiger partial charge is 0.274 e. The molecular formula is C28H25N7O3. The number of fused-ring (bicyclic) bond motifs is 8. The third-order valence-corrected chi connectivity index (χ3v) is 7.75. The van der Waals surface area contributed by atoms with E-state index < -0.39 is 11.5 Å². The van der Waals surface area contributed by atoms with Gasteiger partial charge < -0.3 is 14.5 Å². The molecule has 10 nitrogen and oxygen atoms in total. The molecule has 38 heavy (non-hydrogen) atoms. The van der Waals surface area contributed by atoms with Crippen LogP contribution in [0.2, 0.25) is 0 Å². The molecule has 0 N–H and O–H groups in total. The van der Waals surface area contributed by atoms with Crippen LogP contribution in [0.25, 0.3) is 0 Å². The molecule has 2 aromatic carbocycles. The molecule has 1 fully saturated rings. The maximum Gasteiger partial charge on any atom is 0.274 e. The number of benzene rings is 2. The van der Waals surface area contributed by atoms with Crippen LogP contribution in [0, 0.1) is 0 Å². The van der Waals surface area contributed by atoms with Crippen LogP contribution in [0.3, 0.4) is 0 Å². The number of carbonyl (C=O) groups excluding carboxylic acids is 2. The summed E-state index contributed by atoms with van der Waals surface area (Å²) < 4.78 is 7.88. The van der Waals surface area contributed by atoms with Gasteiger partial charge in [-0.15, -0.1) is 5.10 Å². The fourth-order valence-electron chi connectivity index (χ4n) is 6.16. The van der Waals surface area contributed by atoms with Crippen LogP contribution in [0.1, 0.15) is 46.2 Å². The maximum absolute atomic E-state index is 14.6. The van der Waals surface area contributed by atoms with E-state index in [1.807, 2.05) is 54.7 Å². The molecule has 2 aromatic heterocycles. The molecule has 0 unspecified atom stereocenters. The van der Waals surface area contributed by atoms with Crippen molar-refractivity contribution in [1.82, 2.24) is 29.9 Å². The van der Waals surface area contributed by atoms with Crippen LogP contribution >= 0.6 is 0 Å². The predicted molar refractivity (Wildman–Crippen MR) is 136 cm³/mol. The number of aromatic nitrogens is 5. The summed E-state index contributed by atoms with van der Waals surface area (Å²) in [7, 11) is 0. The van der Waals surface area contributed by atoms with Gasteiger partial charge in [0.25, 0.3) is 5.91 Å². The van der Waals surface area contributed by atoms with E-state index in [2.05, 4.69) is 20.3 Å². The fourth-order valence-corrected chi connectivity index (χ4v) is 6.16. The lowest BCUT2D eigenvalue weighted by Crippen LogP contribution is -2.45. The largest absolute Gasteiger partial charge is 0.494 e. The molecule has 3 aliphatic heterocycles. The van der Waals surface area contributed by atoms with Crippen molar-refractivity contribution < 1.29 is 14.3 Å². The maximum atomic E-state index is 14.6. The molecule has 4 aromatic rings. The third kappa shape index (κ3) is 3.40. The highest BCUT2D eigenvalue weighted by Crippen LogP contribution is 2.57. The Labute approximate surface area is 218 Å². The Bertz CT molecular complexity index is 1540. The van der Waals surface area contributed by atoms with Crippen molar-refractivity contribution in [2.45, 2.75) is 37.4 Å². The van der Waals surface area contributed by atoms with Crippen LogP contribution in [0.15, 0.2) is 73.3 Å². The standard InChI is InChI=1S/C28H25N7O3/c36-26(23-16-29-10-11-30-23)34-13-9-28-22-7-1-2-8-24(22)35(27(28)37)18-20-17-33(32-31-20)12-4-14-38-21-6-3-5-19(15-21)25(28)34/h1-3,5-8,10-11,15-17,25H,4,9,12-14,18H2/t25-,28+/m0/s1. The highest BCUT2D eigenvalue weighted by molar-refractivity contribution is 6.09. The van der Waals surface area contributed by atoms with E-state index in [-0.39, 0.29) is 17.5 Å². The highest BCUT2D eigenvalue weighted by Gasteiger charge is 2.61. The molecule has 5 heterocycles. The number of hydrogen-bond acceptors (Lipinski definition) is 7. The van der Waals surface area contributed by atoms with Crippen LogP contribution < -0.4 is 9.64 Å². The molecule has 1 saturated heterocycles. The number of ether oxygens (including phenoxy) is 1. The second-order valence-electron chi connectivity index (χ2n) is 9.87. The number of para-hydroxylation sites is 1. The molecule has 190 valence electrons. The summed E-state index contributed by atoms with van der Waals surface area (Å²) in [6.07, 6.45) is 7.64. The summed E-state index contributed by atoms with van der Waals surface area (Å²) >= 11 is 0. The van der Waals surface area contributed by atoms with E-state index in [0.717, 1.165) is 23.2 Å². The molecule has 2 atom stereocenters. The predicted octanol–water partition coefficient (Wildman–Crippen LogP) is 2.92. The van der Waals surface area contributed by atoms with E-state index in [0.29, 0.717) is 44.1 Å².